The molecule has 2 atom stereocenters. The van der Waals surface area contributed by atoms with Crippen LogP contribution in [0.2, 0.25) is 0 Å². The first-order valence-electron chi connectivity index (χ1n) is 7.77. The second kappa shape index (κ2) is 6.67. The van der Waals surface area contributed by atoms with Gasteiger partial charge >= 0.3 is 0 Å². The van der Waals surface area contributed by atoms with Crippen LogP contribution in [0, 0.1) is 11.3 Å². The van der Waals surface area contributed by atoms with Gasteiger partial charge in [0.1, 0.15) is 11.9 Å². The Morgan fingerprint density at radius 2 is 1.83 bits per heavy atom. The van der Waals surface area contributed by atoms with Gasteiger partial charge in [-0.05, 0) is 50.2 Å². The van der Waals surface area contributed by atoms with Gasteiger partial charge in [0.25, 0.3) is 0 Å². The predicted molar refractivity (Wildman–Crippen MR) is 90.9 cm³/mol. The SMILES string of the molecule is C[C@@H]1CN(c2ccc(Nc3ccc(C#N)cn3)cc2)C[C@@H](C)O1. The lowest BCUT2D eigenvalue weighted by Crippen LogP contribution is -2.45. The van der Waals surface area contributed by atoms with Crippen LogP contribution in [0.5, 0.6) is 0 Å². The zero-order valence-electron chi connectivity index (χ0n) is 13.4. The highest BCUT2D eigenvalue weighted by Crippen LogP contribution is 2.23. The molecule has 0 amide bonds. The Hall–Kier alpha value is -2.58. The van der Waals surface area contributed by atoms with Gasteiger partial charge < -0.3 is 15.0 Å². The van der Waals surface area contributed by atoms with Crippen LogP contribution in [0.3, 0.4) is 0 Å². The molecule has 0 spiro atoms. The van der Waals surface area contributed by atoms with Crippen molar-refractivity contribution in [2.75, 3.05) is 23.3 Å². The number of hydrogen-bond acceptors (Lipinski definition) is 5. The van der Waals surface area contributed by atoms with Gasteiger partial charge in [-0.3, -0.25) is 0 Å². The number of nitrogens with one attached hydrogen (secondary N) is 1. The minimum Gasteiger partial charge on any atom is -0.372 e. The van der Waals surface area contributed by atoms with Crippen LogP contribution >= 0.6 is 0 Å². The molecule has 0 unspecified atom stereocenters. The van der Waals surface area contributed by atoms with E-state index in [1.165, 1.54) is 5.69 Å². The first-order chi connectivity index (χ1) is 11.1. The normalized spacial score (nSPS) is 20.8. The van der Waals surface area contributed by atoms with Gasteiger partial charge in [-0.1, -0.05) is 0 Å². The minimum atomic E-state index is 0.249. The monoisotopic (exact) mass is 308 g/mol. The molecule has 1 aliphatic rings. The number of morpholine rings is 1. The van der Waals surface area contributed by atoms with E-state index in [0.717, 1.165) is 24.6 Å². The van der Waals surface area contributed by atoms with Crippen molar-refractivity contribution in [1.82, 2.24) is 4.98 Å². The van der Waals surface area contributed by atoms with E-state index < -0.39 is 0 Å². The molecule has 1 saturated heterocycles. The van der Waals surface area contributed by atoms with Crippen LogP contribution < -0.4 is 10.2 Å². The van der Waals surface area contributed by atoms with Crippen molar-refractivity contribution in [1.29, 1.82) is 5.26 Å². The molecule has 2 heterocycles. The maximum absolute atomic E-state index is 8.79. The molecule has 118 valence electrons. The lowest BCUT2D eigenvalue weighted by atomic mass is 10.2. The first-order valence-corrected chi connectivity index (χ1v) is 7.77. The van der Waals surface area contributed by atoms with Crippen molar-refractivity contribution < 1.29 is 4.74 Å². The summed E-state index contributed by atoms with van der Waals surface area (Å²) >= 11 is 0. The molecule has 23 heavy (non-hydrogen) atoms. The molecule has 0 aliphatic carbocycles. The molecule has 0 radical (unpaired) electrons. The van der Waals surface area contributed by atoms with Crippen molar-refractivity contribution in [2.45, 2.75) is 26.1 Å². The van der Waals surface area contributed by atoms with E-state index in [4.69, 9.17) is 10.00 Å². The molecule has 0 bridgehead atoms. The van der Waals surface area contributed by atoms with Gasteiger partial charge in [0.15, 0.2) is 0 Å². The van der Waals surface area contributed by atoms with E-state index in [2.05, 4.69) is 47.3 Å². The first kappa shape index (κ1) is 15.3. The fraction of sp³-hybridized carbons (Fsp3) is 0.333. The molecule has 3 rings (SSSR count). The Kier molecular flexibility index (Phi) is 4.45. The largest absolute Gasteiger partial charge is 0.372 e. The van der Waals surface area contributed by atoms with Crippen LogP contribution in [-0.4, -0.2) is 30.3 Å². The summed E-state index contributed by atoms with van der Waals surface area (Å²) in [6, 6.07) is 13.9. The van der Waals surface area contributed by atoms with Gasteiger partial charge in [-0.25, -0.2) is 4.98 Å². The minimum absolute atomic E-state index is 0.249. The molecule has 0 saturated carbocycles. The second-order valence-corrected chi connectivity index (χ2v) is 5.88. The number of hydrogen-bond donors (Lipinski definition) is 1. The topological polar surface area (TPSA) is 61.2 Å². The number of nitrogens with zero attached hydrogens (tertiary/aromatic N) is 3. The number of aromatic nitrogens is 1. The standard InChI is InChI=1S/C18H20N4O/c1-13-11-22(12-14(2)23-13)17-6-4-16(5-7-17)21-18-8-3-15(9-19)10-20-18/h3-8,10,13-14H,11-12H2,1-2H3,(H,20,21)/t13-,14-/m1/s1. The molecule has 1 N–H and O–H groups in total. The summed E-state index contributed by atoms with van der Waals surface area (Å²) < 4.78 is 5.77. The smallest absolute Gasteiger partial charge is 0.130 e. The summed E-state index contributed by atoms with van der Waals surface area (Å²) in [5.41, 5.74) is 2.73. The summed E-state index contributed by atoms with van der Waals surface area (Å²) in [6.07, 6.45) is 2.06. The van der Waals surface area contributed by atoms with Gasteiger partial charge in [0.05, 0.1) is 17.8 Å². The summed E-state index contributed by atoms with van der Waals surface area (Å²) in [6.45, 7) is 6.03. The predicted octanol–water partition coefficient (Wildman–Crippen LogP) is 3.31. The highest BCUT2D eigenvalue weighted by atomic mass is 16.5. The van der Waals surface area contributed by atoms with E-state index in [1.807, 2.05) is 12.1 Å². The Labute approximate surface area is 136 Å². The number of nitriles is 1. The average Bonchev–Trinajstić information content (AvgIpc) is 2.55. The molecular weight excluding hydrogens is 288 g/mol. The molecule has 2 aromatic rings. The summed E-state index contributed by atoms with van der Waals surface area (Å²) in [5.74, 6) is 0.727. The number of anilines is 3. The zero-order chi connectivity index (χ0) is 16.2. The third-order valence-electron chi connectivity index (χ3n) is 3.82. The lowest BCUT2D eigenvalue weighted by Gasteiger charge is -2.36. The number of pyridine rings is 1. The number of benzene rings is 1. The van der Waals surface area contributed by atoms with Crippen LogP contribution in [0.1, 0.15) is 19.4 Å². The van der Waals surface area contributed by atoms with E-state index in [9.17, 15) is 0 Å². The molecule has 5 heteroatoms. The maximum atomic E-state index is 8.79. The zero-order valence-corrected chi connectivity index (χ0v) is 13.4. The maximum Gasteiger partial charge on any atom is 0.130 e. The molecule has 1 aliphatic heterocycles. The molecule has 5 nitrogen and oxygen atoms in total. The third-order valence-corrected chi connectivity index (χ3v) is 3.82. The van der Waals surface area contributed by atoms with Crippen LogP contribution in [-0.2, 0) is 4.74 Å². The van der Waals surface area contributed by atoms with Crippen molar-refractivity contribution in [3.05, 3.63) is 48.2 Å². The summed E-state index contributed by atoms with van der Waals surface area (Å²) in [7, 11) is 0. The van der Waals surface area contributed by atoms with E-state index in [1.54, 1.807) is 18.3 Å². The highest BCUT2D eigenvalue weighted by Gasteiger charge is 2.22. The fourth-order valence-electron chi connectivity index (χ4n) is 2.83. The molecule has 1 fully saturated rings. The molecule has 1 aromatic heterocycles. The van der Waals surface area contributed by atoms with Crippen molar-refractivity contribution in [2.24, 2.45) is 0 Å². The molecular formula is C18H20N4O. The van der Waals surface area contributed by atoms with E-state index in [0.29, 0.717) is 5.56 Å². The van der Waals surface area contributed by atoms with Gasteiger partial charge in [-0.2, -0.15) is 5.26 Å². The molecule has 1 aromatic carbocycles. The van der Waals surface area contributed by atoms with E-state index in [-0.39, 0.29) is 12.2 Å². The second-order valence-electron chi connectivity index (χ2n) is 5.88. The van der Waals surface area contributed by atoms with Gasteiger partial charge in [0, 0.05) is 30.7 Å². The van der Waals surface area contributed by atoms with Crippen molar-refractivity contribution in [3.8, 4) is 6.07 Å². The van der Waals surface area contributed by atoms with Crippen molar-refractivity contribution >= 4 is 17.2 Å². The fourth-order valence-corrected chi connectivity index (χ4v) is 2.83. The Morgan fingerprint density at radius 1 is 1.13 bits per heavy atom. The van der Waals surface area contributed by atoms with E-state index >= 15 is 0 Å². The van der Waals surface area contributed by atoms with Crippen LogP contribution in [0.25, 0.3) is 0 Å². The lowest BCUT2D eigenvalue weighted by molar-refractivity contribution is -0.00521. The van der Waals surface area contributed by atoms with Crippen LogP contribution in [0.15, 0.2) is 42.6 Å². The quantitative estimate of drug-likeness (QED) is 0.942. The highest BCUT2D eigenvalue weighted by molar-refractivity contribution is 5.61. The summed E-state index contributed by atoms with van der Waals surface area (Å²) in [5, 5.41) is 12.0. The van der Waals surface area contributed by atoms with Gasteiger partial charge in [0.2, 0.25) is 0 Å². The van der Waals surface area contributed by atoms with Crippen LogP contribution in [0.4, 0.5) is 17.2 Å². The number of ether oxygens (including phenoxy) is 1. The Balaban J connectivity index is 1.68. The van der Waals surface area contributed by atoms with Crippen molar-refractivity contribution in [3.63, 3.8) is 0 Å². The Morgan fingerprint density at radius 3 is 2.39 bits per heavy atom. The van der Waals surface area contributed by atoms with Gasteiger partial charge in [-0.15, -0.1) is 0 Å². The summed E-state index contributed by atoms with van der Waals surface area (Å²) in [4.78, 5) is 6.57. The Bertz CT molecular complexity index is 680. The third kappa shape index (κ3) is 3.79. The average molecular weight is 308 g/mol. The number of rotatable bonds is 3.